The maximum Gasteiger partial charge on any atom is 0.134 e. The number of phenolic OH excluding ortho intramolecular Hbond substituents is 1. The SMILES string of the molecule is COc1ccc2[nH]cc(C(CN)Cc3ccc(O)c(Cl)c3)c2c1. The minimum Gasteiger partial charge on any atom is -0.506 e. The van der Waals surface area contributed by atoms with Crippen molar-refractivity contribution >= 4 is 22.5 Å². The van der Waals surface area contributed by atoms with E-state index in [1.165, 1.54) is 0 Å². The van der Waals surface area contributed by atoms with Gasteiger partial charge in [-0.05, 0) is 54.4 Å². The second-order valence-corrected chi connectivity index (χ2v) is 5.99. The van der Waals surface area contributed by atoms with E-state index < -0.39 is 0 Å². The van der Waals surface area contributed by atoms with Crippen molar-refractivity contribution in [2.45, 2.75) is 12.3 Å². The fourth-order valence-corrected chi connectivity index (χ4v) is 3.07. The predicted molar refractivity (Wildman–Crippen MR) is 93.5 cm³/mol. The highest BCUT2D eigenvalue weighted by molar-refractivity contribution is 6.32. The first-order chi connectivity index (χ1) is 11.1. The van der Waals surface area contributed by atoms with Crippen molar-refractivity contribution in [2.24, 2.45) is 5.73 Å². The van der Waals surface area contributed by atoms with Crippen LogP contribution in [0.25, 0.3) is 10.9 Å². The molecule has 120 valence electrons. The van der Waals surface area contributed by atoms with Crippen molar-refractivity contribution in [3.05, 3.63) is 58.7 Å². The molecular formula is C18H19ClN2O2. The van der Waals surface area contributed by atoms with E-state index in [1.54, 1.807) is 19.2 Å². The molecule has 0 bridgehead atoms. The molecule has 1 aromatic heterocycles. The molecule has 0 aliphatic carbocycles. The third-order valence-corrected chi connectivity index (χ3v) is 4.44. The molecule has 4 N–H and O–H groups in total. The van der Waals surface area contributed by atoms with Crippen molar-refractivity contribution in [1.82, 2.24) is 4.98 Å². The van der Waals surface area contributed by atoms with Crippen molar-refractivity contribution in [2.75, 3.05) is 13.7 Å². The number of methoxy groups -OCH3 is 1. The number of benzene rings is 2. The largest absolute Gasteiger partial charge is 0.506 e. The summed E-state index contributed by atoms with van der Waals surface area (Å²) < 4.78 is 5.32. The number of ether oxygens (including phenoxy) is 1. The van der Waals surface area contributed by atoms with Gasteiger partial charge in [0.1, 0.15) is 11.5 Å². The lowest BCUT2D eigenvalue weighted by Crippen LogP contribution is -2.14. The third kappa shape index (κ3) is 3.14. The van der Waals surface area contributed by atoms with Crippen LogP contribution >= 0.6 is 11.6 Å². The number of hydrogen-bond donors (Lipinski definition) is 3. The molecule has 4 nitrogen and oxygen atoms in total. The summed E-state index contributed by atoms with van der Waals surface area (Å²) in [5.74, 6) is 1.06. The molecule has 1 unspecified atom stereocenters. The Bertz CT molecular complexity index is 829. The molecule has 5 heteroatoms. The second kappa shape index (κ2) is 6.52. The lowest BCUT2D eigenvalue weighted by Gasteiger charge is -2.15. The van der Waals surface area contributed by atoms with E-state index in [0.29, 0.717) is 11.6 Å². The summed E-state index contributed by atoms with van der Waals surface area (Å²) in [7, 11) is 1.66. The topological polar surface area (TPSA) is 71.3 Å². The Morgan fingerprint density at radius 3 is 2.78 bits per heavy atom. The van der Waals surface area contributed by atoms with Crippen LogP contribution in [0.2, 0.25) is 5.02 Å². The molecule has 0 spiro atoms. The van der Waals surface area contributed by atoms with Crippen LogP contribution in [0.15, 0.2) is 42.6 Å². The maximum atomic E-state index is 9.54. The molecule has 0 aliphatic heterocycles. The molecule has 0 radical (unpaired) electrons. The first-order valence-electron chi connectivity index (χ1n) is 7.45. The van der Waals surface area contributed by atoms with Gasteiger partial charge < -0.3 is 20.6 Å². The van der Waals surface area contributed by atoms with Gasteiger partial charge in [0.15, 0.2) is 0 Å². The maximum absolute atomic E-state index is 9.54. The second-order valence-electron chi connectivity index (χ2n) is 5.58. The molecule has 1 atom stereocenters. The van der Waals surface area contributed by atoms with Crippen LogP contribution in [0, 0.1) is 0 Å². The monoisotopic (exact) mass is 330 g/mol. The average molecular weight is 331 g/mol. The zero-order chi connectivity index (χ0) is 16.4. The number of aromatic amines is 1. The van der Waals surface area contributed by atoms with Gasteiger partial charge in [0, 0.05) is 23.0 Å². The molecule has 0 saturated carbocycles. The van der Waals surface area contributed by atoms with Crippen LogP contribution < -0.4 is 10.5 Å². The van der Waals surface area contributed by atoms with Gasteiger partial charge in [-0.15, -0.1) is 0 Å². The lowest BCUT2D eigenvalue weighted by atomic mass is 9.91. The van der Waals surface area contributed by atoms with Crippen LogP contribution in [-0.4, -0.2) is 23.7 Å². The lowest BCUT2D eigenvalue weighted by molar-refractivity contribution is 0.415. The number of aromatic hydroxyl groups is 1. The molecule has 0 saturated heterocycles. The van der Waals surface area contributed by atoms with Gasteiger partial charge in [0.05, 0.1) is 12.1 Å². The average Bonchev–Trinajstić information content (AvgIpc) is 2.98. The van der Waals surface area contributed by atoms with Crippen LogP contribution in [0.5, 0.6) is 11.5 Å². The predicted octanol–water partition coefficient (Wildman–Crippen LogP) is 3.82. The molecule has 0 fully saturated rings. The van der Waals surface area contributed by atoms with Gasteiger partial charge in [-0.1, -0.05) is 17.7 Å². The summed E-state index contributed by atoms with van der Waals surface area (Å²) in [4.78, 5) is 3.28. The molecule has 23 heavy (non-hydrogen) atoms. The first kappa shape index (κ1) is 15.7. The van der Waals surface area contributed by atoms with Crippen LogP contribution in [0.3, 0.4) is 0 Å². The van der Waals surface area contributed by atoms with Crippen molar-refractivity contribution < 1.29 is 9.84 Å². The zero-order valence-corrected chi connectivity index (χ0v) is 13.6. The smallest absolute Gasteiger partial charge is 0.134 e. The van der Waals surface area contributed by atoms with E-state index >= 15 is 0 Å². The quantitative estimate of drug-likeness (QED) is 0.666. The number of nitrogens with one attached hydrogen (secondary N) is 1. The van der Waals surface area contributed by atoms with Crippen LogP contribution in [0.1, 0.15) is 17.0 Å². The Hall–Kier alpha value is -2.17. The van der Waals surface area contributed by atoms with E-state index in [0.717, 1.165) is 34.2 Å². The molecule has 3 aromatic rings. The highest BCUT2D eigenvalue weighted by Gasteiger charge is 2.16. The van der Waals surface area contributed by atoms with E-state index in [1.807, 2.05) is 30.5 Å². The van der Waals surface area contributed by atoms with Crippen molar-refractivity contribution in [3.63, 3.8) is 0 Å². The number of halogens is 1. The summed E-state index contributed by atoms with van der Waals surface area (Å²) in [6.45, 7) is 0.517. The Morgan fingerprint density at radius 2 is 2.09 bits per heavy atom. The van der Waals surface area contributed by atoms with E-state index in [4.69, 9.17) is 22.1 Å². The molecule has 1 heterocycles. The van der Waals surface area contributed by atoms with Gasteiger partial charge in [-0.2, -0.15) is 0 Å². The van der Waals surface area contributed by atoms with Crippen LogP contribution in [-0.2, 0) is 6.42 Å². The van der Waals surface area contributed by atoms with E-state index in [2.05, 4.69) is 4.98 Å². The number of phenols is 1. The Balaban J connectivity index is 1.95. The number of fused-ring (bicyclic) bond motifs is 1. The highest BCUT2D eigenvalue weighted by Crippen LogP contribution is 2.32. The van der Waals surface area contributed by atoms with Crippen molar-refractivity contribution in [1.29, 1.82) is 0 Å². The highest BCUT2D eigenvalue weighted by atomic mass is 35.5. The van der Waals surface area contributed by atoms with Gasteiger partial charge in [0.2, 0.25) is 0 Å². The number of rotatable bonds is 5. The fourth-order valence-electron chi connectivity index (χ4n) is 2.87. The summed E-state index contributed by atoms with van der Waals surface area (Å²) in [5, 5.41) is 11.0. The van der Waals surface area contributed by atoms with E-state index in [-0.39, 0.29) is 11.7 Å². The number of hydrogen-bond acceptors (Lipinski definition) is 3. The third-order valence-electron chi connectivity index (χ3n) is 4.14. The fraction of sp³-hybridized carbons (Fsp3) is 0.222. The Morgan fingerprint density at radius 1 is 1.26 bits per heavy atom. The molecular weight excluding hydrogens is 312 g/mol. The number of aromatic nitrogens is 1. The normalized spacial score (nSPS) is 12.5. The molecule has 3 rings (SSSR count). The van der Waals surface area contributed by atoms with Gasteiger partial charge in [0.25, 0.3) is 0 Å². The summed E-state index contributed by atoms with van der Waals surface area (Å²) in [5.41, 5.74) is 9.27. The van der Waals surface area contributed by atoms with Gasteiger partial charge >= 0.3 is 0 Å². The van der Waals surface area contributed by atoms with E-state index in [9.17, 15) is 5.11 Å². The summed E-state index contributed by atoms with van der Waals surface area (Å²) in [6.07, 6.45) is 2.75. The molecule has 0 aliphatic rings. The molecule has 0 amide bonds. The number of nitrogens with two attached hydrogens (primary N) is 1. The van der Waals surface area contributed by atoms with Crippen molar-refractivity contribution in [3.8, 4) is 11.5 Å². The summed E-state index contributed by atoms with van der Waals surface area (Å²) in [6, 6.07) is 11.2. The minimum atomic E-state index is 0.0940. The van der Waals surface area contributed by atoms with Gasteiger partial charge in [-0.25, -0.2) is 0 Å². The number of H-pyrrole nitrogens is 1. The molecule has 2 aromatic carbocycles. The zero-order valence-electron chi connectivity index (χ0n) is 12.8. The Labute approximate surface area is 139 Å². The van der Waals surface area contributed by atoms with Crippen LogP contribution in [0.4, 0.5) is 0 Å². The Kier molecular flexibility index (Phi) is 4.46. The standard InChI is InChI=1S/C18H19ClN2O2/c1-23-13-3-4-17-14(8-13)15(10-21-17)12(9-20)6-11-2-5-18(22)16(19)7-11/h2-5,7-8,10,12,21-22H,6,9,20H2,1H3. The first-order valence-corrected chi connectivity index (χ1v) is 7.82. The van der Waals surface area contributed by atoms with Gasteiger partial charge in [-0.3, -0.25) is 0 Å². The summed E-state index contributed by atoms with van der Waals surface area (Å²) >= 11 is 6.00. The minimum absolute atomic E-state index is 0.0940.